The summed E-state index contributed by atoms with van der Waals surface area (Å²) in [6.07, 6.45) is 0.137. The number of hydrogen-bond acceptors (Lipinski definition) is 6. The molecule has 0 aliphatic carbocycles. The van der Waals surface area contributed by atoms with E-state index in [1.54, 1.807) is 4.68 Å². The van der Waals surface area contributed by atoms with Crippen molar-refractivity contribution in [1.82, 2.24) is 19.7 Å². The van der Waals surface area contributed by atoms with Crippen LogP contribution in [-0.2, 0) is 11.8 Å². The molecule has 146 valence electrons. The van der Waals surface area contributed by atoms with E-state index in [1.165, 1.54) is 0 Å². The Balaban J connectivity index is 1.56. The third kappa shape index (κ3) is 3.11. The highest BCUT2D eigenvalue weighted by molar-refractivity contribution is 6.06. The van der Waals surface area contributed by atoms with Gasteiger partial charge < -0.3 is 19.8 Å². The number of aromatic nitrogens is 3. The molecule has 2 atom stereocenters. The Morgan fingerprint density at radius 3 is 2.63 bits per heavy atom. The van der Waals surface area contributed by atoms with E-state index >= 15 is 0 Å². The van der Waals surface area contributed by atoms with Crippen LogP contribution in [0.25, 0.3) is 11.0 Å². The van der Waals surface area contributed by atoms with Crippen LogP contribution in [0.5, 0.6) is 0 Å². The number of rotatable bonds is 1. The lowest BCUT2D eigenvalue weighted by molar-refractivity contribution is -0.185. The number of aliphatic hydroxyl groups is 2. The monoisotopic (exact) mass is 374 g/mol. The Kier molecular flexibility index (Phi) is 4.44. The van der Waals surface area contributed by atoms with Crippen molar-refractivity contribution in [2.24, 2.45) is 7.05 Å². The Hall–Kier alpha value is -2.03. The van der Waals surface area contributed by atoms with Gasteiger partial charge in [0.15, 0.2) is 5.65 Å². The number of likely N-dealkylation sites (tertiary alicyclic amines) is 1. The quantitative estimate of drug-likeness (QED) is 0.762. The molecule has 1 spiro atoms. The van der Waals surface area contributed by atoms with Gasteiger partial charge in [-0.25, -0.2) is 4.98 Å². The molecule has 27 heavy (non-hydrogen) atoms. The molecule has 8 heteroatoms. The van der Waals surface area contributed by atoms with Crippen molar-refractivity contribution in [2.45, 2.75) is 50.9 Å². The lowest BCUT2D eigenvalue weighted by Gasteiger charge is -2.46. The minimum atomic E-state index is -0.822. The van der Waals surface area contributed by atoms with Gasteiger partial charge in [-0.1, -0.05) is 0 Å². The summed E-state index contributed by atoms with van der Waals surface area (Å²) >= 11 is 0. The minimum absolute atomic E-state index is 0.0205. The van der Waals surface area contributed by atoms with Gasteiger partial charge in [-0.2, -0.15) is 5.10 Å². The molecule has 2 aliphatic heterocycles. The average molecular weight is 374 g/mol. The second kappa shape index (κ2) is 6.54. The molecule has 2 aromatic rings. The molecule has 4 heterocycles. The Morgan fingerprint density at radius 2 is 1.96 bits per heavy atom. The van der Waals surface area contributed by atoms with Crippen molar-refractivity contribution in [3.8, 4) is 0 Å². The van der Waals surface area contributed by atoms with Crippen molar-refractivity contribution in [2.75, 3.05) is 19.7 Å². The minimum Gasteiger partial charge on any atom is -0.390 e. The second-order valence-electron chi connectivity index (χ2n) is 7.84. The fourth-order valence-electron chi connectivity index (χ4n) is 4.32. The predicted molar refractivity (Wildman–Crippen MR) is 98.4 cm³/mol. The maximum absolute atomic E-state index is 13.2. The Bertz CT molecular complexity index is 885. The van der Waals surface area contributed by atoms with E-state index in [0.29, 0.717) is 37.9 Å². The number of pyridine rings is 1. The number of ether oxygens (including phenoxy) is 1. The first-order chi connectivity index (χ1) is 12.8. The van der Waals surface area contributed by atoms with E-state index in [9.17, 15) is 15.0 Å². The summed E-state index contributed by atoms with van der Waals surface area (Å²) in [6.45, 7) is 5.04. The van der Waals surface area contributed by atoms with Gasteiger partial charge in [-0.15, -0.1) is 0 Å². The van der Waals surface area contributed by atoms with Gasteiger partial charge in [0.2, 0.25) is 0 Å². The van der Waals surface area contributed by atoms with Crippen LogP contribution >= 0.6 is 0 Å². The molecule has 0 radical (unpaired) electrons. The van der Waals surface area contributed by atoms with E-state index in [4.69, 9.17) is 4.74 Å². The standard InChI is InChI=1S/C19H26N4O4/c1-11-8-13(16-12(2)21-22(3)17(16)20-11)18(26)23-6-4-19(5-7-23)9-14(24)15(25)10-27-19/h8,14-15,24-25H,4-7,9-10H2,1-3H3/t14-,15+/m1/s1. The summed E-state index contributed by atoms with van der Waals surface area (Å²) in [5.41, 5.74) is 2.50. The third-order valence-corrected chi connectivity index (χ3v) is 5.87. The number of piperidine rings is 1. The number of nitrogens with zero attached hydrogens (tertiary/aromatic N) is 4. The normalized spacial score (nSPS) is 25.3. The Labute approximate surface area is 157 Å². The number of carbonyl (C=O) groups is 1. The van der Waals surface area contributed by atoms with E-state index in [0.717, 1.165) is 22.4 Å². The number of hydrogen-bond donors (Lipinski definition) is 2. The summed E-state index contributed by atoms with van der Waals surface area (Å²) in [5, 5.41) is 24.9. The van der Waals surface area contributed by atoms with Crippen LogP contribution in [0.2, 0.25) is 0 Å². The molecular formula is C19H26N4O4. The molecule has 2 aromatic heterocycles. The van der Waals surface area contributed by atoms with Gasteiger partial charge in [-0.3, -0.25) is 9.48 Å². The van der Waals surface area contributed by atoms with Gasteiger partial charge in [0, 0.05) is 32.3 Å². The smallest absolute Gasteiger partial charge is 0.254 e. The molecule has 0 aromatic carbocycles. The average Bonchev–Trinajstić information content (AvgIpc) is 2.92. The zero-order chi connectivity index (χ0) is 19.3. The summed E-state index contributed by atoms with van der Waals surface area (Å²) in [4.78, 5) is 19.6. The van der Waals surface area contributed by atoms with Crippen LogP contribution in [-0.4, -0.2) is 73.3 Å². The first kappa shape index (κ1) is 18.3. The van der Waals surface area contributed by atoms with E-state index in [-0.39, 0.29) is 12.5 Å². The topological polar surface area (TPSA) is 101 Å². The van der Waals surface area contributed by atoms with Gasteiger partial charge in [0.1, 0.15) is 6.10 Å². The molecule has 0 bridgehead atoms. The molecule has 1 amide bonds. The molecule has 8 nitrogen and oxygen atoms in total. The molecular weight excluding hydrogens is 348 g/mol. The van der Waals surface area contributed by atoms with Crippen molar-refractivity contribution in [3.63, 3.8) is 0 Å². The number of aliphatic hydroxyl groups excluding tert-OH is 2. The third-order valence-electron chi connectivity index (χ3n) is 5.87. The van der Waals surface area contributed by atoms with Crippen LogP contribution in [0.1, 0.15) is 41.0 Å². The lowest BCUT2D eigenvalue weighted by Crippen LogP contribution is -2.55. The zero-order valence-corrected chi connectivity index (χ0v) is 16.0. The first-order valence-corrected chi connectivity index (χ1v) is 9.40. The van der Waals surface area contributed by atoms with E-state index in [2.05, 4.69) is 10.1 Å². The van der Waals surface area contributed by atoms with Gasteiger partial charge >= 0.3 is 0 Å². The summed E-state index contributed by atoms with van der Waals surface area (Å²) < 4.78 is 7.57. The van der Waals surface area contributed by atoms with Crippen molar-refractivity contribution in [1.29, 1.82) is 0 Å². The summed E-state index contributed by atoms with van der Waals surface area (Å²) in [7, 11) is 1.83. The number of aryl methyl sites for hydroxylation is 3. The van der Waals surface area contributed by atoms with Gasteiger partial charge in [0.05, 0.1) is 35.0 Å². The molecule has 0 saturated carbocycles. The maximum Gasteiger partial charge on any atom is 0.254 e. The Morgan fingerprint density at radius 1 is 1.26 bits per heavy atom. The highest BCUT2D eigenvalue weighted by Gasteiger charge is 2.43. The van der Waals surface area contributed by atoms with Crippen molar-refractivity contribution in [3.05, 3.63) is 23.0 Å². The zero-order valence-electron chi connectivity index (χ0n) is 16.0. The van der Waals surface area contributed by atoms with E-state index < -0.39 is 17.8 Å². The van der Waals surface area contributed by atoms with Gasteiger partial charge in [0.25, 0.3) is 5.91 Å². The summed E-state index contributed by atoms with van der Waals surface area (Å²) in [5.74, 6) is -0.0205. The first-order valence-electron chi connectivity index (χ1n) is 9.40. The fraction of sp³-hybridized carbons (Fsp3) is 0.632. The lowest BCUT2D eigenvalue weighted by atomic mass is 9.82. The number of fused-ring (bicyclic) bond motifs is 1. The SMILES string of the molecule is Cc1cc(C(=O)N2CCC3(CC2)C[C@@H](O)[C@@H](O)CO3)c2c(C)nn(C)c2n1. The predicted octanol–water partition coefficient (Wildman–Crippen LogP) is 0.702. The van der Waals surface area contributed by atoms with Crippen molar-refractivity contribution >= 4 is 16.9 Å². The van der Waals surface area contributed by atoms with Crippen LogP contribution in [0.15, 0.2) is 6.07 Å². The fourth-order valence-corrected chi connectivity index (χ4v) is 4.32. The summed E-state index contributed by atoms with van der Waals surface area (Å²) in [6, 6.07) is 1.83. The van der Waals surface area contributed by atoms with Crippen LogP contribution in [0, 0.1) is 13.8 Å². The molecule has 2 fully saturated rings. The number of amides is 1. The van der Waals surface area contributed by atoms with Crippen LogP contribution in [0.3, 0.4) is 0 Å². The molecule has 4 rings (SSSR count). The maximum atomic E-state index is 13.2. The molecule has 0 unspecified atom stereocenters. The molecule has 2 saturated heterocycles. The molecule has 2 N–H and O–H groups in total. The molecule has 2 aliphatic rings. The highest BCUT2D eigenvalue weighted by Crippen LogP contribution is 2.36. The van der Waals surface area contributed by atoms with Gasteiger partial charge in [-0.05, 0) is 32.8 Å². The second-order valence-corrected chi connectivity index (χ2v) is 7.84. The highest BCUT2D eigenvalue weighted by atomic mass is 16.5. The van der Waals surface area contributed by atoms with Crippen molar-refractivity contribution < 1.29 is 19.7 Å². The van der Waals surface area contributed by atoms with Crippen LogP contribution in [0.4, 0.5) is 0 Å². The van der Waals surface area contributed by atoms with Crippen LogP contribution < -0.4 is 0 Å². The van der Waals surface area contributed by atoms with E-state index in [1.807, 2.05) is 31.9 Å². The largest absolute Gasteiger partial charge is 0.390 e. The number of carbonyl (C=O) groups excluding carboxylic acids is 1.